The van der Waals surface area contributed by atoms with E-state index in [9.17, 15) is 9.59 Å². The molecular weight excluding hydrogens is 404 g/mol. The number of aryl methyl sites for hydroxylation is 1. The SMILES string of the molecule is CCOC(=O)c1[nH]c(C)c(CN(CCc2ccccc2)C(=O)c2ccc(OC)cc2)c1C. The number of methoxy groups -OCH3 is 1. The second-order valence-electron chi connectivity index (χ2n) is 7.64. The van der Waals surface area contributed by atoms with Gasteiger partial charge in [0, 0.05) is 24.3 Å². The Balaban J connectivity index is 1.88. The molecule has 2 aromatic carbocycles. The largest absolute Gasteiger partial charge is 0.497 e. The molecule has 3 rings (SSSR count). The Morgan fingerprint density at radius 2 is 1.69 bits per heavy atom. The number of benzene rings is 2. The van der Waals surface area contributed by atoms with E-state index >= 15 is 0 Å². The molecule has 1 aromatic heterocycles. The van der Waals surface area contributed by atoms with Crippen molar-refractivity contribution >= 4 is 11.9 Å². The van der Waals surface area contributed by atoms with Gasteiger partial charge in [-0.25, -0.2) is 4.79 Å². The maximum absolute atomic E-state index is 13.4. The number of aromatic amines is 1. The zero-order valence-electron chi connectivity index (χ0n) is 19.1. The lowest BCUT2D eigenvalue weighted by molar-refractivity contribution is 0.0519. The quantitative estimate of drug-likeness (QED) is 0.496. The number of aromatic nitrogens is 1. The van der Waals surface area contributed by atoms with Gasteiger partial charge in [-0.05, 0) is 68.1 Å². The Morgan fingerprint density at radius 3 is 2.31 bits per heavy atom. The van der Waals surface area contributed by atoms with Crippen LogP contribution in [0.4, 0.5) is 0 Å². The van der Waals surface area contributed by atoms with Crippen LogP contribution < -0.4 is 4.74 Å². The number of nitrogens with one attached hydrogen (secondary N) is 1. The van der Waals surface area contributed by atoms with Crippen LogP contribution in [0, 0.1) is 13.8 Å². The van der Waals surface area contributed by atoms with Gasteiger partial charge in [0.2, 0.25) is 0 Å². The highest BCUT2D eigenvalue weighted by atomic mass is 16.5. The summed E-state index contributed by atoms with van der Waals surface area (Å²) >= 11 is 0. The summed E-state index contributed by atoms with van der Waals surface area (Å²) in [7, 11) is 1.60. The summed E-state index contributed by atoms with van der Waals surface area (Å²) in [5.74, 6) is 0.256. The van der Waals surface area contributed by atoms with Crippen LogP contribution in [0.25, 0.3) is 0 Å². The van der Waals surface area contributed by atoms with Crippen molar-refractivity contribution in [1.82, 2.24) is 9.88 Å². The zero-order chi connectivity index (χ0) is 23.1. The van der Waals surface area contributed by atoms with Crippen molar-refractivity contribution in [2.24, 2.45) is 0 Å². The summed E-state index contributed by atoms with van der Waals surface area (Å²) in [6, 6.07) is 17.2. The Hall–Kier alpha value is -3.54. The Bertz CT molecular complexity index is 1060. The van der Waals surface area contributed by atoms with Crippen molar-refractivity contribution in [3.63, 3.8) is 0 Å². The summed E-state index contributed by atoms with van der Waals surface area (Å²) in [6.07, 6.45) is 0.732. The third-order valence-electron chi connectivity index (χ3n) is 5.56. The molecule has 168 valence electrons. The van der Waals surface area contributed by atoms with E-state index in [1.54, 1.807) is 38.3 Å². The molecule has 1 N–H and O–H groups in total. The number of nitrogens with zero attached hydrogens (tertiary/aromatic N) is 1. The topological polar surface area (TPSA) is 71.6 Å². The molecule has 6 heteroatoms. The number of H-pyrrole nitrogens is 1. The molecule has 0 saturated carbocycles. The second kappa shape index (κ2) is 10.7. The standard InChI is InChI=1S/C26H30N2O4/c1-5-32-26(30)24-18(2)23(19(3)27-24)17-28(16-15-20-9-7-6-8-10-20)25(29)21-11-13-22(31-4)14-12-21/h6-14,27H,5,15-17H2,1-4H3. The van der Waals surface area contributed by atoms with Crippen molar-refractivity contribution in [3.8, 4) is 5.75 Å². The van der Waals surface area contributed by atoms with E-state index in [4.69, 9.17) is 9.47 Å². The van der Waals surface area contributed by atoms with Gasteiger partial charge in [0.1, 0.15) is 11.4 Å². The molecule has 32 heavy (non-hydrogen) atoms. The van der Waals surface area contributed by atoms with Crippen LogP contribution >= 0.6 is 0 Å². The monoisotopic (exact) mass is 434 g/mol. The highest BCUT2D eigenvalue weighted by molar-refractivity contribution is 5.94. The Labute approximate surface area is 189 Å². The van der Waals surface area contributed by atoms with Crippen LogP contribution in [0.1, 0.15) is 50.2 Å². The van der Waals surface area contributed by atoms with E-state index in [0.717, 1.165) is 28.8 Å². The average molecular weight is 435 g/mol. The fourth-order valence-corrected chi connectivity index (χ4v) is 3.70. The molecule has 3 aromatic rings. The van der Waals surface area contributed by atoms with Crippen LogP contribution in [0.15, 0.2) is 54.6 Å². The summed E-state index contributed by atoms with van der Waals surface area (Å²) < 4.78 is 10.4. The molecule has 0 aliphatic heterocycles. The van der Waals surface area contributed by atoms with E-state index in [-0.39, 0.29) is 11.9 Å². The first kappa shape index (κ1) is 23.1. The fourth-order valence-electron chi connectivity index (χ4n) is 3.70. The van der Waals surface area contributed by atoms with Gasteiger partial charge in [0.05, 0.1) is 13.7 Å². The van der Waals surface area contributed by atoms with Gasteiger partial charge >= 0.3 is 5.97 Å². The molecular formula is C26H30N2O4. The van der Waals surface area contributed by atoms with Crippen LogP contribution in [-0.2, 0) is 17.7 Å². The van der Waals surface area contributed by atoms with E-state index in [1.165, 1.54) is 0 Å². The number of amides is 1. The predicted octanol–water partition coefficient (Wildman–Crippen LogP) is 4.70. The molecule has 0 aliphatic carbocycles. The first-order valence-electron chi connectivity index (χ1n) is 10.8. The number of rotatable bonds is 9. The Morgan fingerprint density at radius 1 is 1.00 bits per heavy atom. The van der Waals surface area contributed by atoms with Crippen molar-refractivity contribution < 1.29 is 19.1 Å². The van der Waals surface area contributed by atoms with Crippen molar-refractivity contribution in [2.75, 3.05) is 20.3 Å². The van der Waals surface area contributed by atoms with Crippen LogP contribution in [0.2, 0.25) is 0 Å². The van der Waals surface area contributed by atoms with E-state index in [1.807, 2.05) is 36.9 Å². The minimum Gasteiger partial charge on any atom is -0.497 e. The van der Waals surface area contributed by atoms with Crippen LogP contribution in [0.5, 0.6) is 5.75 Å². The van der Waals surface area contributed by atoms with Crippen molar-refractivity contribution in [3.05, 3.63) is 88.2 Å². The normalized spacial score (nSPS) is 10.6. The lowest BCUT2D eigenvalue weighted by Gasteiger charge is -2.24. The van der Waals surface area contributed by atoms with Gasteiger partial charge in [0.15, 0.2) is 0 Å². The van der Waals surface area contributed by atoms with Gasteiger partial charge in [-0.15, -0.1) is 0 Å². The molecule has 0 radical (unpaired) electrons. The number of carbonyl (C=O) groups excluding carboxylic acids is 2. The first-order chi connectivity index (χ1) is 15.4. The third kappa shape index (κ3) is 5.38. The lowest BCUT2D eigenvalue weighted by atomic mass is 10.1. The van der Waals surface area contributed by atoms with Gasteiger partial charge < -0.3 is 19.4 Å². The van der Waals surface area contributed by atoms with E-state index in [2.05, 4.69) is 17.1 Å². The van der Waals surface area contributed by atoms with Crippen molar-refractivity contribution in [1.29, 1.82) is 0 Å². The smallest absolute Gasteiger partial charge is 0.355 e. The molecule has 1 amide bonds. The predicted molar refractivity (Wildman–Crippen MR) is 124 cm³/mol. The minimum absolute atomic E-state index is 0.0683. The first-order valence-corrected chi connectivity index (χ1v) is 10.8. The zero-order valence-corrected chi connectivity index (χ0v) is 19.1. The highest BCUT2D eigenvalue weighted by Crippen LogP contribution is 2.22. The molecule has 6 nitrogen and oxygen atoms in total. The third-order valence-corrected chi connectivity index (χ3v) is 5.56. The summed E-state index contributed by atoms with van der Waals surface area (Å²) in [6.45, 7) is 6.84. The molecule has 0 unspecified atom stereocenters. The number of esters is 1. The summed E-state index contributed by atoms with van der Waals surface area (Å²) in [5.41, 5.74) is 4.80. The molecule has 0 fully saturated rings. The summed E-state index contributed by atoms with van der Waals surface area (Å²) in [4.78, 5) is 30.7. The van der Waals surface area contributed by atoms with E-state index < -0.39 is 0 Å². The lowest BCUT2D eigenvalue weighted by Crippen LogP contribution is -2.33. The maximum atomic E-state index is 13.4. The minimum atomic E-state index is -0.378. The van der Waals surface area contributed by atoms with E-state index in [0.29, 0.717) is 36.7 Å². The van der Waals surface area contributed by atoms with Gasteiger partial charge in [-0.2, -0.15) is 0 Å². The van der Waals surface area contributed by atoms with Gasteiger partial charge in [-0.1, -0.05) is 30.3 Å². The van der Waals surface area contributed by atoms with Crippen molar-refractivity contribution in [2.45, 2.75) is 33.7 Å². The summed E-state index contributed by atoms with van der Waals surface area (Å²) in [5, 5.41) is 0. The second-order valence-corrected chi connectivity index (χ2v) is 7.64. The number of hydrogen-bond acceptors (Lipinski definition) is 4. The Kier molecular flexibility index (Phi) is 7.71. The highest BCUT2D eigenvalue weighted by Gasteiger charge is 2.23. The molecule has 0 spiro atoms. The average Bonchev–Trinajstić information content (AvgIpc) is 3.10. The van der Waals surface area contributed by atoms with Gasteiger partial charge in [-0.3, -0.25) is 4.79 Å². The number of ether oxygens (including phenoxy) is 2. The maximum Gasteiger partial charge on any atom is 0.355 e. The number of hydrogen-bond donors (Lipinski definition) is 1. The van der Waals surface area contributed by atoms with Crippen LogP contribution in [-0.4, -0.2) is 42.0 Å². The molecule has 0 saturated heterocycles. The molecule has 0 bridgehead atoms. The fraction of sp³-hybridized carbons (Fsp3) is 0.308. The molecule has 0 aliphatic rings. The van der Waals surface area contributed by atoms with Crippen LogP contribution in [0.3, 0.4) is 0 Å². The molecule has 1 heterocycles. The number of carbonyl (C=O) groups is 2. The molecule has 0 atom stereocenters. The van der Waals surface area contributed by atoms with Gasteiger partial charge in [0.25, 0.3) is 5.91 Å².